The number of thiophene rings is 1. The number of benzene rings is 2. The Balaban J connectivity index is 1.85. The maximum Gasteiger partial charge on any atom is 0.168 e. The number of pyridine rings is 1. The zero-order valence-electron chi connectivity index (χ0n) is 17.1. The molecule has 0 radical (unpaired) electrons. The summed E-state index contributed by atoms with van der Waals surface area (Å²) in [5, 5.41) is 13.1. The minimum atomic E-state index is 0.0762. The third kappa shape index (κ3) is 3.35. The predicted octanol–water partition coefficient (Wildman–Crippen LogP) is 7.73. The average molecular weight is 467 g/mol. The van der Waals surface area contributed by atoms with Crippen LogP contribution in [0.1, 0.15) is 24.6 Å². The number of rotatable bonds is 4. The van der Waals surface area contributed by atoms with Gasteiger partial charge < -0.3 is 9.84 Å². The van der Waals surface area contributed by atoms with Crippen molar-refractivity contribution >= 4 is 54.8 Å². The molecule has 4 nitrogen and oxygen atoms in total. The third-order valence-electron chi connectivity index (χ3n) is 5.21. The monoisotopic (exact) mass is 466 g/mol. The molecular weight excluding hydrogens is 448 g/mol. The summed E-state index contributed by atoms with van der Waals surface area (Å²) in [4.78, 5) is 12.9. The summed E-state index contributed by atoms with van der Waals surface area (Å²) in [5.41, 5.74) is 3.33. The third-order valence-corrected chi connectivity index (χ3v) is 7.85. The summed E-state index contributed by atoms with van der Waals surface area (Å²) < 4.78 is 5.27. The van der Waals surface area contributed by atoms with E-state index in [-0.39, 0.29) is 5.75 Å². The van der Waals surface area contributed by atoms with E-state index in [4.69, 9.17) is 26.3 Å². The molecule has 3 heterocycles. The summed E-state index contributed by atoms with van der Waals surface area (Å²) in [6.45, 7) is 4.37. The van der Waals surface area contributed by atoms with Gasteiger partial charge in [-0.2, -0.15) is 0 Å². The van der Waals surface area contributed by atoms with Crippen molar-refractivity contribution in [2.45, 2.75) is 19.8 Å². The van der Waals surface area contributed by atoms with E-state index >= 15 is 0 Å². The largest absolute Gasteiger partial charge is 0.504 e. The first-order valence-electron chi connectivity index (χ1n) is 9.83. The van der Waals surface area contributed by atoms with E-state index in [0.717, 1.165) is 31.7 Å². The number of ether oxygens (including phenoxy) is 1. The number of thiazole rings is 1. The van der Waals surface area contributed by atoms with E-state index in [1.54, 1.807) is 17.4 Å². The fraction of sp³-hybridized carbons (Fsp3) is 0.167. The first-order valence-corrected chi connectivity index (χ1v) is 11.8. The lowest BCUT2D eigenvalue weighted by atomic mass is 10.0. The number of halogens is 1. The molecule has 5 aromatic rings. The van der Waals surface area contributed by atoms with E-state index < -0.39 is 0 Å². The van der Waals surface area contributed by atoms with Crippen LogP contribution < -0.4 is 4.74 Å². The number of phenolic OH excluding ortho intramolecular Hbond substituents is 1. The molecule has 2 aromatic carbocycles. The number of methoxy groups -OCH3 is 1. The first kappa shape index (κ1) is 20.2. The van der Waals surface area contributed by atoms with Gasteiger partial charge in [-0.3, -0.25) is 0 Å². The van der Waals surface area contributed by atoms with Gasteiger partial charge >= 0.3 is 0 Å². The van der Waals surface area contributed by atoms with Gasteiger partial charge in [-0.1, -0.05) is 61.1 Å². The number of hydrogen-bond donors (Lipinski definition) is 1. The van der Waals surface area contributed by atoms with Gasteiger partial charge in [0.2, 0.25) is 0 Å². The second-order valence-electron chi connectivity index (χ2n) is 7.52. The highest BCUT2D eigenvalue weighted by Gasteiger charge is 2.22. The Hall–Kier alpha value is -2.67. The number of phenols is 1. The van der Waals surface area contributed by atoms with Gasteiger partial charge in [0.1, 0.15) is 20.2 Å². The molecule has 156 valence electrons. The molecule has 3 aromatic heterocycles. The maximum absolute atomic E-state index is 10.6. The number of nitrogens with zero attached hydrogens (tertiary/aromatic N) is 2. The number of hydrogen-bond acceptors (Lipinski definition) is 6. The highest BCUT2D eigenvalue weighted by Crippen LogP contribution is 2.46. The van der Waals surface area contributed by atoms with E-state index in [0.29, 0.717) is 27.3 Å². The summed E-state index contributed by atoms with van der Waals surface area (Å²) >= 11 is 9.78. The fourth-order valence-corrected chi connectivity index (χ4v) is 5.94. The summed E-state index contributed by atoms with van der Waals surface area (Å²) in [6, 6.07) is 15.4. The van der Waals surface area contributed by atoms with Crippen LogP contribution in [0.5, 0.6) is 11.5 Å². The van der Waals surface area contributed by atoms with E-state index in [2.05, 4.69) is 19.9 Å². The first-order chi connectivity index (χ1) is 15.0. The van der Waals surface area contributed by atoms with Crippen LogP contribution in [-0.2, 0) is 0 Å². The lowest BCUT2D eigenvalue weighted by molar-refractivity contribution is 0.374. The number of aromatic nitrogens is 2. The zero-order chi connectivity index (χ0) is 21.7. The van der Waals surface area contributed by atoms with Crippen LogP contribution >= 0.6 is 34.3 Å². The van der Waals surface area contributed by atoms with Crippen LogP contribution in [0.15, 0.2) is 48.5 Å². The molecule has 0 saturated carbocycles. The Kier molecular flexibility index (Phi) is 5.08. The van der Waals surface area contributed by atoms with E-state index in [9.17, 15) is 5.11 Å². The number of aromatic hydroxyl groups is 1. The van der Waals surface area contributed by atoms with Crippen LogP contribution in [0.4, 0.5) is 0 Å². The van der Waals surface area contributed by atoms with Crippen LogP contribution in [0.2, 0.25) is 5.02 Å². The average Bonchev–Trinajstić information content (AvgIpc) is 3.37. The molecule has 0 atom stereocenters. The smallest absolute Gasteiger partial charge is 0.168 e. The van der Waals surface area contributed by atoms with Crippen molar-refractivity contribution in [3.63, 3.8) is 0 Å². The van der Waals surface area contributed by atoms with Crippen LogP contribution in [-0.4, -0.2) is 22.2 Å². The SMILES string of the molecule is COc1cccc(-c2nc3c(-c4ccccc4Cl)c4cc(C(C)C)sc4nc3s2)c1O. The van der Waals surface area contributed by atoms with Gasteiger partial charge in [-0.25, -0.2) is 9.97 Å². The molecule has 0 unspecified atom stereocenters. The van der Waals surface area contributed by atoms with Crippen molar-refractivity contribution in [1.82, 2.24) is 9.97 Å². The van der Waals surface area contributed by atoms with Crippen LogP contribution in [0, 0.1) is 0 Å². The Morgan fingerprint density at radius 1 is 0.968 bits per heavy atom. The lowest BCUT2D eigenvalue weighted by Crippen LogP contribution is -1.87. The molecule has 0 amide bonds. The van der Waals surface area contributed by atoms with Gasteiger partial charge in [0.25, 0.3) is 0 Å². The van der Waals surface area contributed by atoms with Gasteiger partial charge in [0, 0.05) is 26.4 Å². The summed E-state index contributed by atoms with van der Waals surface area (Å²) in [7, 11) is 1.54. The van der Waals surface area contributed by atoms with Gasteiger partial charge in [0.15, 0.2) is 11.5 Å². The molecule has 0 aliphatic rings. The van der Waals surface area contributed by atoms with Crippen molar-refractivity contribution in [1.29, 1.82) is 0 Å². The fourth-order valence-electron chi connectivity index (χ4n) is 3.63. The molecule has 0 aliphatic carbocycles. The Labute approximate surface area is 192 Å². The summed E-state index contributed by atoms with van der Waals surface area (Å²) in [6.07, 6.45) is 0. The molecule has 5 rings (SSSR count). The molecule has 0 saturated heterocycles. The van der Waals surface area contributed by atoms with Gasteiger partial charge in [-0.15, -0.1) is 11.3 Å². The molecular formula is C24H19ClN2O2S2. The maximum atomic E-state index is 10.6. The highest BCUT2D eigenvalue weighted by atomic mass is 35.5. The predicted molar refractivity (Wildman–Crippen MR) is 131 cm³/mol. The molecule has 0 fully saturated rings. The standard InChI is InChI=1S/C24H19ClN2O2S2/c1-12(2)18-11-15-19(13-7-4-5-9-16(13)25)20-24(27-23(15)30-18)31-22(26-20)14-8-6-10-17(29-3)21(14)28/h4-12,28H,1-3H3. The summed E-state index contributed by atoms with van der Waals surface area (Å²) in [5.74, 6) is 0.902. The van der Waals surface area contributed by atoms with E-state index in [1.165, 1.54) is 23.3 Å². The van der Waals surface area contributed by atoms with E-state index in [1.807, 2.05) is 36.4 Å². The van der Waals surface area contributed by atoms with Crippen LogP contribution in [0.25, 0.3) is 42.3 Å². The second-order valence-corrected chi connectivity index (χ2v) is 9.97. The molecule has 0 aliphatic heterocycles. The minimum Gasteiger partial charge on any atom is -0.504 e. The lowest BCUT2D eigenvalue weighted by Gasteiger charge is -2.07. The van der Waals surface area contributed by atoms with Crippen LogP contribution in [0.3, 0.4) is 0 Å². The quantitative estimate of drug-likeness (QED) is 0.294. The molecule has 0 bridgehead atoms. The minimum absolute atomic E-state index is 0.0762. The van der Waals surface area contributed by atoms with Gasteiger partial charge in [0.05, 0.1) is 12.7 Å². The van der Waals surface area contributed by atoms with Crippen molar-refractivity contribution in [3.05, 3.63) is 58.4 Å². The Morgan fingerprint density at radius 3 is 2.48 bits per heavy atom. The Morgan fingerprint density at radius 2 is 1.74 bits per heavy atom. The molecule has 31 heavy (non-hydrogen) atoms. The highest BCUT2D eigenvalue weighted by molar-refractivity contribution is 7.22. The topological polar surface area (TPSA) is 55.2 Å². The van der Waals surface area contributed by atoms with Gasteiger partial charge in [-0.05, 0) is 30.2 Å². The molecule has 0 spiro atoms. The van der Waals surface area contributed by atoms with Crippen molar-refractivity contribution in [3.8, 4) is 33.2 Å². The van der Waals surface area contributed by atoms with Crippen molar-refractivity contribution in [2.24, 2.45) is 0 Å². The number of para-hydroxylation sites is 1. The molecule has 7 heteroatoms. The normalized spacial score (nSPS) is 11.6. The Bertz CT molecular complexity index is 1440. The zero-order valence-corrected chi connectivity index (χ0v) is 19.5. The van der Waals surface area contributed by atoms with Crippen molar-refractivity contribution in [2.75, 3.05) is 7.11 Å². The second kappa shape index (κ2) is 7.79. The van der Waals surface area contributed by atoms with Crippen molar-refractivity contribution < 1.29 is 9.84 Å². The molecule has 1 N–H and O–H groups in total. The number of fused-ring (bicyclic) bond motifs is 2.